The van der Waals surface area contributed by atoms with Gasteiger partial charge >= 0.3 is 5.97 Å². The Kier molecular flexibility index (Phi) is 4.58. The first-order valence-electron chi connectivity index (χ1n) is 6.88. The van der Waals surface area contributed by atoms with E-state index in [9.17, 15) is 9.18 Å². The summed E-state index contributed by atoms with van der Waals surface area (Å²) in [5, 5.41) is 0.823. The summed E-state index contributed by atoms with van der Waals surface area (Å²) in [6.45, 7) is 1.31. The van der Waals surface area contributed by atoms with Gasteiger partial charge in [0.2, 0.25) is 0 Å². The predicted octanol–water partition coefficient (Wildman–Crippen LogP) is 3.41. The highest BCUT2D eigenvalue weighted by atomic mass is 35.5. The van der Waals surface area contributed by atoms with Gasteiger partial charge < -0.3 is 9.64 Å². The number of ether oxygens (including phenoxy) is 1. The molecule has 2 aromatic rings. The van der Waals surface area contributed by atoms with E-state index < -0.39 is 5.97 Å². The number of nitrogens with zero attached hydrogens (tertiary/aromatic N) is 3. The molecule has 0 spiro atoms. The molecule has 0 unspecified atom stereocenters. The minimum absolute atomic E-state index is 0.154. The van der Waals surface area contributed by atoms with E-state index in [1.807, 2.05) is 11.0 Å². The molecule has 0 amide bonds. The van der Waals surface area contributed by atoms with Crippen LogP contribution >= 0.6 is 22.9 Å². The Hall–Kier alpha value is -1.99. The van der Waals surface area contributed by atoms with Crippen LogP contribution in [0.15, 0.2) is 24.5 Å². The van der Waals surface area contributed by atoms with Crippen LogP contribution in [0.2, 0.25) is 5.15 Å². The van der Waals surface area contributed by atoms with Crippen molar-refractivity contribution in [3.05, 3.63) is 45.9 Å². The van der Waals surface area contributed by atoms with Gasteiger partial charge in [-0.15, -0.1) is 0 Å². The zero-order valence-electron chi connectivity index (χ0n) is 12.3. The van der Waals surface area contributed by atoms with Gasteiger partial charge in [0.05, 0.1) is 13.3 Å². The molecule has 3 heterocycles. The van der Waals surface area contributed by atoms with Gasteiger partial charge in [0.15, 0.2) is 15.2 Å². The second kappa shape index (κ2) is 6.64. The maximum absolute atomic E-state index is 13.3. The highest BCUT2D eigenvalue weighted by Gasteiger charge is 2.22. The van der Waals surface area contributed by atoms with Crippen molar-refractivity contribution in [2.75, 3.05) is 25.1 Å². The van der Waals surface area contributed by atoms with Crippen molar-refractivity contribution in [1.29, 1.82) is 0 Å². The fraction of sp³-hybridized carbons (Fsp3) is 0.267. The summed E-state index contributed by atoms with van der Waals surface area (Å²) in [5.41, 5.74) is 1.83. The number of hydrogen-bond donors (Lipinski definition) is 0. The average molecular weight is 354 g/mol. The topological polar surface area (TPSA) is 55.3 Å². The number of esters is 1. The van der Waals surface area contributed by atoms with Crippen LogP contribution in [0.5, 0.6) is 0 Å². The van der Waals surface area contributed by atoms with Crippen LogP contribution in [0.1, 0.15) is 21.7 Å². The summed E-state index contributed by atoms with van der Waals surface area (Å²) in [4.78, 5) is 22.0. The van der Waals surface area contributed by atoms with E-state index in [2.05, 4.69) is 14.7 Å². The van der Waals surface area contributed by atoms with Crippen LogP contribution in [-0.4, -0.2) is 36.1 Å². The monoisotopic (exact) mass is 353 g/mol. The minimum Gasteiger partial charge on any atom is -0.465 e. The molecule has 0 radical (unpaired) electrons. The number of aromatic nitrogens is 2. The van der Waals surface area contributed by atoms with Crippen molar-refractivity contribution < 1.29 is 13.9 Å². The van der Waals surface area contributed by atoms with Gasteiger partial charge in [-0.2, -0.15) is 0 Å². The lowest BCUT2D eigenvalue weighted by molar-refractivity contribution is 0.0606. The fourth-order valence-corrected chi connectivity index (χ4v) is 3.57. The van der Waals surface area contributed by atoms with E-state index in [0.717, 1.165) is 17.6 Å². The summed E-state index contributed by atoms with van der Waals surface area (Å²) < 4.78 is 17.9. The second-order valence-corrected chi connectivity index (χ2v) is 6.26. The van der Waals surface area contributed by atoms with E-state index in [0.29, 0.717) is 23.1 Å². The average Bonchev–Trinajstić information content (AvgIpc) is 2.96. The Morgan fingerprint density at radius 3 is 2.96 bits per heavy atom. The maximum Gasteiger partial charge on any atom is 0.351 e. The Balaban J connectivity index is 1.77. The zero-order chi connectivity index (χ0) is 16.4. The Morgan fingerprint density at radius 2 is 2.30 bits per heavy atom. The molecular formula is C15H13ClFN3O2S. The van der Waals surface area contributed by atoms with E-state index in [1.54, 1.807) is 6.20 Å². The van der Waals surface area contributed by atoms with Crippen molar-refractivity contribution >= 4 is 39.6 Å². The predicted molar refractivity (Wildman–Crippen MR) is 87.5 cm³/mol. The third-order valence-electron chi connectivity index (χ3n) is 3.50. The van der Waals surface area contributed by atoms with Crippen LogP contribution in [0.4, 0.5) is 9.52 Å². The first kappa shape index (κ1) is 15.9. The van der Waals surface area contributed by atoms with Crippen LogP contribution in [-0.2, 0) is 4.74 Å². The maximum atomic E-state index is 13.3. The lowest BCUT2D eigenvalue weighted by atomic mass is 10.0. The fourth-order valence-electron chi connectivity index (χ4n) is 2.34. The van der Waals surface area contributed by atoms with Gasteiger partial charge in [0.25, 0.3) is 0 Å². The Morgan fingerprint density at radius 1 is 1.48 bits per heavy atom. The first-order valence-corrected chi connectivity index (χ1v) is 8.07. The van der Waals surface area contributed by atoms with Crippen LogP contribution < -0.4 is 4.90 Å². The number of halogens is 2. The molecule has 0 saturated carbocycles. The second-order valence-electron chi connectivity index (χ2n) is 4.93. The molecule has 3 rings (SSSR count). The number of pyridine rings is 1. The number of rotatable bonds is 3. The Bertz CT molecular complexity index is 778. The molecule has 8 heteroatoms. The summed E-state index contributed by atoms with van der Waals surface area (Å²) in [5.74, 6) is -0.835. The molecular weight excluding hydrogens is 341 g/mol. The largest absolute Gasteiger partial charge is 0.465 e. The third kappa shape index (κ3) is 3.35. The molecule has 0 atom stereocenters. The number of carbonyl (C=O) groups is 1. The molecule has 23 heavy (non-hydrogen) atoms. The minimum atomic E-state index is -0.488. The van der Waals surface area contributed by atoms with Crippen LogP contribution in [0.25, 0.3) is 5.57 Å². The summed E-state index contributed by atoms with van der Waals surface area (Å²) in [6, 6.07) is 1.48. The van der Waals surface area contributed by atoms with Crippen molar-refractivity contribution in [1.82, 2.24) is 9.97 Å². The molecule has 2 aromatic heterocycles. The number of hydrogen-bond acceptors (Lipinski definition) is 6. The number of anilines is 1. The van der Waals surface area contributed by atoms with E-state index >= 15 is 0 Å². The van der Waals surface area contributed by atoms with Crippen molar-refractivity contribution in [3.63, 3.8) is 0 Å². The molecule has 0 bridgehead atoms. The van der Waals surface area contributed by atoms with Gasteiger partial charge in [-0.3, -0.25) is 4.98 Å². The molecule has 0 N–H and O–H groups in total. The molecule has 5 nitrogen and oxygen atoms in total. The van der Waals surface area contributed by atoms with Gasteiger partial charge in [0.1, 0.15) is 5.82 Å². The summed E-state index contributed by atoms with van der Waals surface area (Å²) >= 11 is 7.19. The molecule has 0 aromatic carbocycles. The highest BCUT2D eigenvalue weighted by molar-refractivity contribution is 7.18. The molecule has 1 aliphatic rings. The van der Waals surface area contributed by atoms with E-state index in [4.69, 9.17) is 11.6 Å². The summed E-state index contributed by atoms with van der Waals surface area (Å²) in [7, 11) is 1.31. The quantitative estimate of drug-likeness (QED) is 0.791. The van der Waals surface area contributed by atoms with E-state index in [-0.39, 0.29) is 11.0 Å². The molecule has 0 aliphatic carbocycles. The standard InChI is InChI=1S/C15H13ClFN3O2S/c1-22-14(21)12-13(16)19-15(23-12)20-4-2-9(3-5-20)10-6-11(17)8-18-7-10/h2,6-8H,3-5H2,1H3. The SMILES string of the molecule is COC(=O)c1sc(N2CC=C(c3cncc(F)c3)CC2)nc1Cl. The lowest BCUT2D eigenvalue weighted by Gasteiger charge is -2.25. The summed E-state index contributed by atoms with van der Waals surface area (Å²) in [6.07, 6.45) is 5.58. The third-order valence-corrected chi connectivity index (χ3v) is 4.98. The van der Waals surface area contributed by atoms with Crippen LogP contribution in [0, 0.1) is 5.82 Å². The zero-order valence-corrected chi connectivity index (χ0v) is 13.8. The number of thiazole rings is 1. The number of methoxy groups -OCH3 is 1. The highest BCUT2D eigenvalue weighted by Crippen LogP contribution is 2.32. The van der Waals surface area contributed by atoms with Crippen molar-refractivity contribution in [2.24, 2.45) is 0 Å². The van der Waals surface area contributed by atoms with Crippen LogP contribution in [0.3, 0.4) is 0 Å². The lowest BCUT2D eigenvalue weighted by Crippen LogP contribution is -2.28. The van der Waals surface area contributed by atoms with E-state index in [1.165, 1.54) is 30.7 Å². The Labute approximate surface area is 141 Å². The molecule has 120 valence electrons. The van der Waals surface area contributed by atoms with Gasteiger partial charge in [-0.1, -0.05) is 29.0 Å². The first-order chi connectivity index (χ1) is 11.1. The molecule has 0 saturated heterocycles. The molecule has 0 fully saturated rings. The van der Waals surface area contributed by atoms with Gasteiger partial charge in [-0.25, -0.2) is 14.2 Å². The normalized spacial score (nSPS) is 14.6. The van der Waals surface area contributed by atoms with Crippen molar-refractivity contribution in [2.45, 2.75) is 6.42 Å². The smallest absolute Gasteiger partial charge is 0.351 e. The number of carbonyl (C=O) groups excluding carboxylic acids is 1. The van der Waals surface area contributed by atoms with Crippen molar-refractivity contribution in [3.8, 4) is 0 Å². The molecule has 1 aliphatic heterocycles. The van der Waals surface area contributed by atoms with Gasteiger partial charge in [0, 0.05) is 19.3 Å². The van der Waals surface area contributed by atoms with Gasteiger partial charge in [-0.05, 0) is 23.6 Å².